The van der Waals surface area contributed by atoms with E-state index in [1.165, 1.54) is 62.8 Å². The molecule has 1 N–H and O–H groups in total. The van der Waals surface area contributed by atoms with Crippen molar-refractivity contribution in [1.82, 2.24) is 0 Å². The number of methoxy groups -OCH3 is 2. The first kappa shape index (κ1) is 25.3. The van der Waals surface area contributed by atoms with Crippen LogP contribution in [0.4, 0.5) is 8.78 Å². The maximum atomic E-state index is 13.9. The van der Waals surface area contributed by atoms with Crippen LogP contribution in [-0.4, -0.2) is 37.7 Å². The summed E-state index contributed by atoms with van der Waals surface area (Å²) in [5.41, 5.74) is 0.654. The average Bonchev–Trinajstić information content (AvgIpc) is 2.80. The van der Waals surface area contributed by atoms with Gasteiger partial charge in [-0.25, -0.2) is 8.78 Å². The van der Waals surface area contributed by atoms with Gasteiger partial charge < -0.3 is 19.3 Å². The molecule has 0 spiro atoms. The van der Waals surface area contributed by atoms with Crippen LogP contribution in [0, 0.1) is 11.6 Å². The number of ketones is 1. The van der Waals surface area contributed by atoms with Crippen LogP contribution in [0.1, 0.15) is 24.5 Å². The number of aliphatic hydroxyl groups is 1. The molecule has 33 heavy (non-hydrogen) atoms. The molecule has 0 fully saturated rings. The molecule has 0 heterocycles. The van der Waals surface area contributed by atoms with E-state index in [-0.39, 0.29) is 23.7 Å². The fourth-order valence-electron chi connectivity index (χ4n) is 2.77. The highest BCUT2D eigenvalue weighted by Crippen LogP contribution is 2.21. The lowest BCUT2D eigenvalue weighted by atomic mass is 10.0. The minimum atomic E-state index is -0.701. The Hall–Kier alpha value is -3.94. The second-order valence-electron chi connectivity index (χ2n) is 6.66. The van der Waals surface area contributed by atoms with E-state index in [1.807, 2.05) is 0 Å². The lowest BCUT2D eigenvalue weighted by Gasteiger charge is -2.07. The van der Waals surface area contributed by atoms with Gasteiger partial charge in [-0.05, 0) is 54.5 Å². The third-order valence-electron chi connectivity index (χ3n) is 4.44. The Balaban J connectivity index is 2.33. The van der Waals surface area contributed by atoms with Crippen molar-refractivity contribution in [3.05, 3.63) is 82.6 Å². The van der Waals surface area contributed by atoms with Gasteiger partial charge in [0.05, 0.1) is 32.8 Å². The Bertz CT molecular complexity index is 1100. The van der Waals surface area contributed by atoms with Gasteiger partial charge in [0.15, 0.2) is 28.9 Å². The van der Waals surface area contributed by atoms with E-state index in [0.717, 1.165) is 6.08 Å². The maximum Gasteiger partial charge on any atom is 0.310 e. The van der Waals surface area contributed by atoms with Crippen molar-refractivity contribution in [3.8, 4) is 11.5 Å². The molecular weight excluding hydrogens is 434 g/mol. The molecule has 0 bridgehead atoms. The fraction of sp³-hybridized carbons (Fsp3) is 0.200. The molecule has 0 aliphatic heterocycles. The number of carbonyl (C=O) groups excluding carboxylic acids is 2. The molecule has 0 amide bonds. The number of carbonyl (C=O) groups is 2. The number of rotatable bonds is 10. The second kappa shape index (κ2) is 12.2. The highest BCUT2D eigenvalue weighted by molar-refractivity contribution is 6.09. The average molecular weight is 458 g/mol. The van der Waals surface area contributed by atoms with Crippen molar-refractivity contribution in [2.75, 3.05) is 20.8 Å². The third kappa shape index (κ3) is 7.31. The number of halogens is 2. The van der Waals surface area contributed by atoms with Crippen LogP contribution in [0.3, 0.4) is 0 Å². The van der Waals surface area contributed by atoms with Crippen LogP contribution in [0.2, 0.25) is 0 Å². The normalized spacial score (nSPS) is 12.0. The van der Waals surface area contributed by atoms with Gasteiger partial charge >= 0.3 is 5.97 Å². The van der Waals surface area contributed by atoms with Gasteiger partial charge in [0.1, 0.15) is 5.76 Å². The van der Waals surface area contributed by atoms with E-state index in [9.17, 15) is 23.5 Å². The minimum absolute atomic E-state index is 0.00407. The molecule has 0 unspecified atom stereocenters. The molecule has 0 radical (unpaired) electrons. The van der Waals surface area contributed by atoms with Crippen molar-refractivity contribution in [1.29, 1.82) is 0 Å². The van der Waals surface area contributed by atoms with Crippen LogP contribution < -0.4 is 9.47 Å². The largest absolute Gasteiger partial charge is 0.508 e. The second-order valence-corrected chi connectivity index (χ2v) is 6.66. The lowest BCUT2D eigenvalue weighted by molar-refractivity contribution is -0.142. The van der Waals surface area contributed by atoms with E-state index in [1.54, 1.807) is 13.0 Å². The summed E-state index contributed by atoms with van der Waals surface area (Å²) >= 11 is 0. The summed E-state index contributed by atoms with van der Waals surface area (Å²) in [5.74, 6) is -2.92. The van der Waals surface area contributed by atoms with Gasteiger partial charge in [-0.15, -0.1) is 0 Å². The number of ether oxygens (including phenoxy) is 3. The first-order valence-corrected chi connectivity index (χ1v) is 9.94. The highest BCUT2D eigenvalue weighted by Gasteiger charge is 2.17. The SMILES string of the molecule is CCOC(=O)C/C(C(=O)/C=C/c1ccc(F)c(OC)c1)=C(O)\C=C\c1ccc(OC)c(F)c1. The van der Waals surface area contributed by atoms with Crippen molar-refractivity contribution in [3.63, 3.8) is 0 Å². The van der Waals surface area contributed by atoms with Crippen molar-refractivity contribution in [2.24, 2.45) is 0 Å². The summed E-state index contributed by atoms with van der Waals surface area (Å²) < 4.78 is 42.1. The number of hydrogen-bond donors (Lipinski definition) is 1. The van der Waals surface area contributed by atoms with Crippen LogP contribution >= 0.6 is 0 Å². The molecule has 2 aromatic rings. The summed E-state index contributed by atoms with van der Waals surface area (Å²) in [4.78, 5) is 24.7. The first-order valence-electron chi connectivity index (χ1n) is 9.94. The van der Waals surface area contributed by atoms with E-state index < -0.39 is 35.6 Å². The summed E-state index contributed by atoms with van der Waals surface area (Å²) in [6, 6.07) is 8.19. The lowest BCUT2D eigenvalue weighted by Crippen LogP contribution is -2.11. The quantitative estimate of drug-likeness (QED) is 0.232. The van der Waals surface area contributed by atoms with Gasteiger partial charge in [0.2, 0.25) is 0 Å². The number of allylic oxidation sites excluding steroid dienone is 2. The number of esters is 1. The van der Waals surface area contributed by atoms with Gasteiger partial charge in [0, 0.05) is 0 Å². The van der Waals surface area contributed by atoms with E-state index >= 15 is 0 Å². The van der Waals surface area contributed by atoms with Gasteiger partial charge in [0.25, 0.3) is 0 Å². The van der Waals surface area contributed by atoms with Crippen LogP contribution in [0.5, 0.6) is 11.5 Å². The summed E-state index contributed by atoms with van der Waals surface area (Å²) in [6.45, 7) is 1.72. The molecule has 2 rings (SSSR count). The zero-order valence-electron chi connectivity index (χ0n) is 18.4. The minimum Gasteiger partial charge on any atom is -0.508 e. The molecule has 0 atom stereocenters. The van der Waals surface area contributed by atoms with Crippen molar-refractivity contribution < 1.29 is 37.7 Å². The molecular formula is C25H24F2O6. The molecule has 0 saturated carbocycles. The number of hydrogen-bond acceptors (Lipinski definition) is 6. The predicted octanol–water partition coefficient (Wildman–Crippen LogP) is 5.04. The standard InChI is InChI=1S/C25H24F2O6/c1-4-33-25(30)15-18(21(28)10-6-16-8-12-23(31-2)20(27)13-16)22(29)11-7-17-5-9-19(26)24(14-17)32-3/h5-14,28H,4,15H2,1-3H3/b10-6+,11-7+,21-18-. The Morgan fingerprint density at radius 1 is 0.909 bits per heavy atom. The topological polar surface area (TPSA) is 82.1 Å². The zero-order chi connectivity index (χ0) is 24.4. The van der Waals surface area contributed by atoms with Crippen LogP contribution in [0.15, 0.2) is 59.9 Å². The molecule has 0 aromatic heterocycles. The highest BCUT2D eigenvalue weighted by atomic mass is 19.1. The summed E-state index contributed by atoms with van der Waals surface area (Å²) in [5, 5.41) is 10.5. The zero-order valence-corrected chi connectivity index (χ0v) is 18.4. The molecule has 0 saturated heterocycles. The van der Waals surface area contributed by atoms with Gasteiger partial charge in [-0.2, -0.15) is 0 Å². The van der Waals surface area contributed by atoms with Crippen LogP contribution in [0.25, 0.3) is 12.2 Å². The monoisotopic (exact) mass is 458 g/mol. The molecule has 6 nitrogen and oxygen atoms in total. The Morgan fingerprint density at radius 2 is 1.55 bits per heavy atom. The molecule has 0 aliphatic carbocycles. The van der Waals surface area contributed by atoms with E-state index in [2.05, 4.69) is 0 Å². The summed E-state index contributed by atoms with van der Waals surface area (Å²) in [7, 11) is 2.65. The maximum absolute atomic E-state index is 13.9. The van der Waals surface area contributed by atoms with Crippen LogP contribution in [-0.2, 0) is 14.3 Å². The van der Waals surface area contributed by atoms with Crippen molar-refractivity contribution in [2.45, 2.75) is 13.3 Å². The number of aliphatic hydroxyl groups excluding tert-OH is 1. The third-order valence-corrected chi connectivity index (χ3v) is 4.44. The van der Waals surface area contributed by atoms with E-state index in [4.69, 9.17) is 14.2 Å². The Kier molecular flexibility index (Phi) is 9.35. The Morgan fingerprint density at radius 3 is 2.18 bits per heavy atom. The van der Waals surface area contributed by atoms with Gasteiger partial charge in [-0.1, -0.05) is 24.3 Å². The molecule has 8 heteroatoms. The number of benzene rings is 2. The predicted molar refractivity (Wildman–Crippen MR) is 120 cm³/mol. The van der Waals surface area contributed by atoms with E-state index in [0.29, 0.717) is 11.1 Å². The first-order chi connectivity index (χ1) is 15.8. The molecule has 2 aromatic carbocycles. The Labute approximate surface area is 190 Å². The van der Waals surface area contributed by atoms with Crippen molar-refractivity contribution >= 4 is 23.9 Å². The molecule has 174 valence electrons. The summed E-state index contributed by atoms with van der Waals surface area (Å²) in [6.07, 6.45) is 4.62. The van der Waals surface area contributed by atoms with Gasteiger partial charge in [-0.3, -0.25) is 9.59 Å². The fourth-order valence-corrected chi connectivity index (χ4v) is 2.77. The molecule has 0 aliphatic rings. The smallest absolute Gasteiger partial charge is 0.310 e.